The molecule has 0 heterocycles. The summed E-state index contributed by atoms with van der Waals surface area (Å²) in [5.41, 5.74) is 0.942. The van der Waals surface area contributed by atoms with Crippen molar-refractivity contribution in [2.75, 3.05) is 12.9 Å². The third kappa shape index (κ3) is 3.99. The van der Waals surface area contributed by atoms with Gasteiger partial charge in [-0.25, -0.2) is 8.42 Å². The molecule has 1 N–H and O–H groups in total. The molecule has 18 heavy (non-hydrogen) atoms. The third-order valence-electron chi connectivity index (χ3n) is 3.08. The van der Waals surface area contributed by atoms with Gasteiger partial charge in [0.2, 0.25) is 0 Å². The molecule has 0 aliphatic carbocycles. The smallest absolute Gasteiger partial charge is 0.155 e. The first-order valence-corrected chi connectivity index (χ1v) is 7.61. The number of methoxy groups -OCH3 is 1. The van der Waals surface area contributed by atoms with Crippen LogP contribution < -0.4 is 4.74 Å². The number of hydrogen-bond donors (Lipinski definition) is 1. The van der Waals surface area contributed by atoms with E-state index in [1.165, 1.54) is 13.8 Å². The fraction of sp³-hybridized carbons (Fsp3) is 0.538. The van der Waals surface area contributed by atoms with Gasteiger partial charge in [0.15, 0.2) is 9.84 Å². The van der Waals surface area contributed by atoms with Crippen LogP contribution in [0.1, 0.15) is 19.4 Å². The molecule has 1 rings (SSSR count). The minimum absolute atomic E-state index is 0.0470. The van der Waals surface area contributed by atoms with Crippen LogP contribution in [0.25, 0.3) is 0 Å². The highest BCUT2D eigenvalue weighted by Crippen LogP contribution is 2.14. The summed E-state index contributed by atoms with van der Waals surface area (Å²) in [6.07, 6.45) is -0.394. The molecule has 0 bridgehead atoms. The standard InChI is InChI=1S/C13H20O4S/c1-10(14)11(2)18(15,16)9-8-12-4-6-13(17-3)7-5-12/h4-7,10-11,14H,8-9H2,1-3H3/t10-,11-/m0/s1. The number of ether oxygens (including phenoxy) is 1. The Morgan fingerprint density at radius 2 is 1.78 bits per heavy atom. The lowest BCUT2D eigenvalue weighted by Gasteiger charge is -2.15. The highest BCUT2D eigenvalue weighted by Gasteiger charge is 2.24. The Morgan fingerprint density at radius 3 is 2.22 bits per heavy atom. The van der Waals surface area contributed by atoms with Crippen molar-refractivity contribution in [3.8, 4) is 5.75 Å². The monoisotopic (exact) mass is 272 g/mol. The molecule has 5 heteroatoms. The first kappa shape index (κ1) is 15.0. The largest absolute Gasteiger partial charge is 0.497 e. The van der Waals surface area contributed by atoms with E-state index in [-0.39, 0.29) is 5.75 Å². The maximum atomic E-state index is 11.9. The second-order valence-corrected chi connectivity index (χ2v) is 6.89. The van der Waals surface area contributed by atoms with Gasteiger partial charge in [0.1, 0.15) is 5.75 Å². The van der Waals surface area contributed by atoms with Crippen LogP contribution in [-0.4, -0.2) is 37.7 Å². The van der Waals surface area contributed by atoms with Crippen molar-refractivity contribution in [3.05, 3.63) is 29.8 Å². The van der Waals surface area contributed by atoms with Crippen molar-refractivity contribution in [1.82, 2.24) is 0 Å². The van der Waals surface area contributed by atoms with E-state index in [1.54, 1.807) is 19.2 Å². The summed E-state index contributed by atoms with van der Waals surface area (Å²) in [7, 11) is -1.67. The summed E-state index contributed by atoms with van der Waals surface area (Å²) in [5, 5.41) is 8.60. The molecule has 2 atom stereocenters. The molecule has 1 aromatic rings. The Bertz CT molecular complexity index is 462. The van der Waals surface area contributed by atoms with Crippen molar-refractivity contribution in [2.45, 2.75) is 31.6 Å². The number of rotatable bonds is 6. The lowest BCUT2D eigenvalue weighted by Crippen LogP contribution is -2.31. The number of benzene rings is 1. The predicted octanol–water partition coefficient (Wildman–Crippen LogP) is 1.42. The van der Waals surface area contributed by atoms with Crippen LogP contribution in [0.2, 0.25) is 0 Å². The zero-order valence-corrected chi connectivity index (χ0v) is 11.8. The molecule has 0 aliphatic rings. The summed E-state index contributed by atoms with van der Waals surface area (Å²) in [4.78, 5) is 0. The van der Waals surface area contributed by atoms with Crippen molar-refractivity contribution in [2.24, 2.45) is 0 Å². The summed E-state index contributed by atoms with van der Waals surface area (Å²) < 4.78 is 28.8. The Labute approximate surface area is 109 Å². The predicted molar refractivity (Wildman–Crippen MR) is 71.6 cm³/mol. The third-order valence-corrected chi connectivity index (χ3v) is 5.38. The normalized spacial score (nSPS) is 15.1. The number of aryl methyl sites for hydroxylation is 1. The zero-order valence-electron chi connectivity index (χ0n) is 11.0. The minimum atomic E-state index is -3.25. The zero-order chi connectivity index (χ0) is 13.8. The van der Waals surface area contributed by atoms with Crippen LogP contribution in [0.4, 0.5) is 0 Å². The van der Waals surface area contributed by atoms with Crippen LogP contribution in [-0.2, 0) is 16.3 Å². The highest BCUT2D eigenvalue weighted by atomic mass is 32.2. The van der Waals surface area contributed by atoms with Gasteiger partial charge in [-0.2, -0.15) is 0 Å². The van der Waals surface area contributed by atoms with Gasteiger partial charge in [-0.3, -0.25) is 0 Å². The molecular weight excluding hydrogens is 252 g/mol. The van der Waals surface area contributed by atoms with E-state index < -0.39 is 21.2 Å². The molecule has 0 radical (unpaired) electrons. The van der Waals surface area contributed by atoms with Gasteiger partial charge < -0.3 is 9.84 Å². The van der Waals surface area contributed by atoms with E-state index in [0.29, 0.717) is 6.42 Å². The van der Waals surface area contributed by atoms with Crippen LogP contribution in [0.5, 0.6) is 5.75 Å². The van der Waals surface area contributed by atoms with Crippen molar-refractivity contribution in [1.29, 1.82) is 0 Å². The summed E-state index contributed by atoms with van der Waals surface area (Å²) in [5.74, 6) is 0.796. The van der Waals surface area contributed by atoms with Gasteiger partial charge in [0, 0.05) is 0 Å². The highest BCUT2D eigenvalue weighted by molar-refractivity contribution is 7.92. The fourth-order valence-corrected chi connectivity index (χ4v) is 3.03. The summed E-state index contributed by atoms with van der Waals surface area (Å²) in [6, 6.07) is 7.31. The first-order chi connectivity index (χ1) is 8.36. The Balaban J connectivity index is 2.64. The average molecular weight is 272 g/mol. The molecular formula is C13H20O4S. The molecule has 0 unspecified atom stereocenters. The summed E-state index contributed by atoms with van der Waals surface area (Å²) in [6.45, 7) is 3.03. The second kappa shape index (κ2) is 6.20. The van der Waals surface area contributed by atoms with Gasteiger partial charge >= 0.3 is 0 Å². The van der Waals surface area contributed by atoms with E-state index in [0.717, 1.165) is 11.3 Å². The van der Waals surface area contributed by atoms with Crippen molar-refractivity contribution >= 4 is 9.84 Å². The molecule has 4 nitrogen and oxygen atoms in total. The molecule has 1 aromatic carbocycles. The topological polar surface area (TPSA) is 63.6 Å². The van der Waals surface area contributed by atoms with Gasteiger partial charge in [0.05, 0.1) is 24.2 Å². The first-order valence-electron chi connectivity index (χ1n) is 5.89. The van der Waals surface area contributed by atoms with Gasteiger partial charge in [0.25, 0.3) is 0 Å². The molecule has 0 aliphatic heterocycles. The van der Waals surface area contributed by atoms with E-state index in [9.17, 15) is 13.5 Å². The molecule has 0 fully saturated rings. The number of aliphatic hydroxyl groups is 1. The minimum Gasteiger partial charge on any atom is -0.497 e. The lowest BCUT2D eigenvalue weighted by atomic mass is 10.2. The molecule has 0 aromatic heterocycles. The second-order valence-electron chi connectivity index (χ2n) is 4.41. The molecule has 0 amide bonds. The van der Waals surface area contributed by atoms with Crippen LogP contribution >= 0.6 is 0 Å². The molecule has 0 saturated heterocycles. The number of sulfone groups is 1. The van der Waals surface area contributed by atoms with Crippen LogP contribution in [0.15, 0.2) is 24.3 Å². The quantitative estimate of drug-likeness (QED) is 0.850. The van der Waals surface area contributed by atoms with Gasteiger partial charge in [-0.05, 0) is 38.0 Å². The van der Waals surface area contributed by atoms with Crippen molar-refractivity contribution in [3.63, 3.8) is 0 Å². The lowest BCUT2D eigenvalue weighted by molar-refractivity contribution is 0.193. The maximum Gasteiger partial charge on any atom is 0.155 e. The van der Waals surface area contributed by atoms with E-state index in [4.69, 9.17) is 4.74 Å². The fourth-order valence-electron chi connectivity index (χ4n) is 1.54. The van der Waals surface area contributed by atoms with Gasteiger partial charge in [-0.1, -0.05) is 12.1 Å². The van der Waals surface area contributed by atoms with E-state index in [2.05, 4.69) is 0 Å². The number of aliphatic hydroxyl groups excluding tert-OH is 1. The molecule has 0 saturated carbocycles. The Hall–Kier alpha value is -1.07. The van der Waals surface area contributed by atoms with Gasteiger partial charge in [-0.15, -0.1) is 0 Å². The average Bonchev–Trinajstić information content (AvgIpc) is 2.36. The number of hydrogen-bond acceptors (Lipinski definition) is 4. The van der Waals surface area contributed by atoms with Crippen LogP contribution in [0, 0.1) is 0 Å². The van der Waals surface area contributed by atoms with Crippen LogP contribution in [0.3, 0.4) is 0 Å². The Kier molecular flexibility index (Phi) is 5.16. The molecule has 102 valence electrons. The molecule has 0 spiro atoms. The van der Waals surface area contributed by atoms with Crippen molar-refractivity contribution < 1.29 is 18.3 Å². The Morgan fingerprint density at radius 1 is 1.22 bits per heavy atom. The maximum absolute atomic E-state index is 11.9. The summed E-state index contributed by atoms with van der Waals surface area (Å²) >= 11 is 0. The van der Waals surface area contributed by atoms with E-state index >= 15 is 0 Å². The van der Waals surface area contributed by atoms with E-state index in [1.807, 2.05) is 12.1 Å². The SMILES string of the molecule is COc1ccc(CCS(=O)(=O)[C@@H](C)[C@H](C)O)cc1.